The maximum atomic E-state index is 5.63. The van der Waals surface area contributed by atoms with Gasteiger partial charge in [0.2, 0.25) is 5.82 Å². The second-order valence-electron chi connectivity index (χ2n) is 2.32. The molecule has 0 amide bonds. The van der Waals surface area contributed by atoms with Crippen LogP contribution in [-0.4, -0.2) is 25.6 Å². The number of hydrogen-bond donors (Lipinski definition) is 2. The largest absolute Gasteiger partial charge is 0.383 e. The summed E-state index contributed by atoms with van der Waals surface area (Å²) in [5.74, 6) is 0.816. The molecule has 0 radical (unpaired) electrons. The van der Waals surface area contributed by atoms with Crippen molar-refractivity contribution in [2.75, 3.05) is 5.73 Å². The van der Waals surface area contributed by atoms with E-state index in [1.807, 2.05) is 0 Å². The van der Waals surface area contributed by atoms with Crippen molar-refractivity contribution in [3.8, 4) is 11.4 Å². The number of nitrogens with one attached hydrogen (secondary N) is 1. The zero-order valence-corrected chi connectivity index (χ0v) is 7.98. The number of hydrogen-bond acceptors (Lipinski definition) is 5. The van der Waals surface area contributed by atoms with E-state index in [9.17, 15) is 0 Å². The minimum Gasteiger partial charge on any atom is -0.383 e. The van der Waals surface area contributed by atoms with Gasteiger partial charge in [-0.3, -0.25) is 0 Å². The van der Waals surface area contributed by atoms with Gasteiger partial charge in [0.25, 0.3) is 0 Å². The van der Waals surface area contributed by atoms with E-state index in [1.54, 1.807) is 12.3 Å². The Bertz CT molecular complexity index is 411. The number of pyridine rings is 1. The molecule has 0 saturated carbocycles. The third-order valence-electron chi connectivity index (χ3n) is 1.47. The topological polar surface area (TPSA) is 93.4 Å². The Labute approximate surface area is 81.7 Å². The molecule has 2 aromatic heterocycles. The van der Waals surface area contributed by atoms with Gasteiger partial charge in [0, 0.05) is 10.7 Å². The number of nitrogens with zero attached hydrogens (tertiary/aromatic N) is 4. The molecule has 0 aliphatic carbocycles. The predicted octanol–water partition coefficient (Wildman–Crippen LogP) is 0.606. The monoisotopic (exact) mass is 240 g/mol. The molecule has 0 bridgehead atoms. The Hall–Kier alpha value is -1.50. The van der Waals surface area contributed by atoms with Crippen molar-refractivity contribution in [3.05, 3.63) is 16.7 Å². The fraction of sp³-hybridized carbons (Fsp3) is 0. The lowest BCUT2D eigenvalue weighted by molar-refractivity contribution is 0.881. The van der Waals surface area contributed by atoms with Gasteiger partial charge in [0.15, 0.2) is 0 Å². The summed E-state index contributed by atoms with van der Waals surface area (Å²) < 4.78 is 0.821. The molecule has 3 N–H and O–H groups in total. The van der Waals surface area contributed by atoms with Gasteiger partial charge >= 0.3 is 0 Å². The van der Waals surface area contributed by atoms with Gasteiger partial charge in [-0.05, 0) is 27.2 Å². The second kappa shape index (κ2) is 3.09. The molecule has 0 fully saturated rings. The van der Waals surface area contributed by atoms with E-state index in [-0.39, 0.29) is 0 Å². The highest BCUT2D eigenvalue weighted by Crippen LogP contribution is 2.22. The van der Waals surface area contributed by atoms with Gasteiger partial charge in [0.05, 0.1) is 5.56 Å². The molecule has 0 atom stereocenters. The maximum absolute atomic E-state index is 5.63. The van der Waals surface area contributed by atoms with Crippen molar-refractivity contribution < 1.29 is 0 Å². The van der Waals surface area contributed by atoms with Crippen LogP contribution in [-0.2, 0) is 0 Å². The minimum absolute atomic E-state index is 0.379. The van der Waals surface area contributed by atoms with Gasteiger partial charge in [-0.2, -0.15) is 5.21 Å². The quantitative estimate of drug-likeness (QED) is 0.762. The lowest BCUT2D eigenvalue weighted by atomic mass is 10.2. The van der Waals surface area contributed by atoms with Gasteiger partial charge in [-0.25, -0.2) is 4.98 Å². The van der Waals surface area contributed by atoms with Crippen LogP contribution in [0.3, 0.4) is 0 Å². The summed E-state index contributed by atoms with van der Waals surface area (Å²) in [7, 11) is 0. The summed E-state index contributed by atoms with van der Waals surface area (Å²) in [5.41, 5.74) is 6.28. The first-order chi connectivity index (χ1) is 6.27. The van der Waals surface area contributed by atoms with Crippen molar-refractivity contribution in [1.29, 1.82) is 0 Å². The third-order valence-corrected chi connectivity index (χ3v) is 1.91. The lowest BCUT2D eigenvalue weighted by Crippen LogP contribution is -1.94. The van der Waals surface area contributed by atoms with E-state index in [0.717, 1.165) is 4.47 Å². The Morgan fingerprint density at radius 3 is 3.00 bits per heavy atom. The number of nitrogens with two attached hydrogens (primary N) is 1. The van der Waals surface area contributed by atoms with Crippen molar-refractivity contribution in [3.63, 3.8) is 0 Å². The Balaban J connectivity index is 2.57. The lowest BCUT2D eigenvalue weighted by Gasteiger charge is -1.98. The molecule has 0 saturated heterocycles. The Kier molecular flexibility index (Phi) is 1.93. The number of anilines is 1. The highest BCUT2D eigenvalue weighted by atomic mass is 79.9. The molecule has 0 unspecified atom stereocenters. The molecule has 0 spiro atoms. The molecule has 0 aromatic carbocycles. The van der Waals surface area contributed by atoms with Gasteiger partial charge < -0.3 is 5.73 Å². The van der Waals surface area contributed by atoms with E-state index < -0.39 is 0 Å². The number of halogens is 1. The highest BCUT2D eigenvalue weighted by Gasteiger charge is 2.08. The number of tetrazole rings is 1. The first kappa shape index (κ1) is 8.11. The zero-order chi connectivity index (χ0) is 9.26. The van der Waals surface area contributed by atoms with Crippen LogP contribution in [0.15, 0.2) is 16.7 Å². The van der Waals surface area contributed by atoms with Crippen LogP contribution in [0.2, 0.25) is 0 Å². The highest BCUT2D eigenvalue weighted by molar-refractivity contribution is 9.10. The predicted molar refractivity (Wildman–Crippen MR) is 49.5 cm³/mol. The summed E-state index contributed by atoms with van der Waals surface area (Å²) in [4.78, 5) is 3.94. The molecule has 6 nitrogen and oxygen atoms in total. The van der Waals surface area contributed by atoms with Gasteiger partial charge in [-0.1, -0.05) is 0 Å². The first-order valence-electron chi connectivity index (χ1n) is 3.42. The van der Waals surface area contributed by atoms with Gasteiger partial charge in [0.1, 0.15) is 5.82 Å². The maximum Gasteiger partial charge on any atom is 0.208 e. The molecule has 66 valence electrons. The van der Waals surface area contributed by atoms with Crippen LogP contribution in [0, 0.1) is 0 Å². The fourth-order valence-corrected chi connectivity index (χ4v) is 1.24. The molecule has 2 heterocycles. The third kappa shape index (κ3) is 1.50. The van der Waals surface area contributed by atoms with Crippen LogP contribution in [0.25, 0.3) is 11.4 Å². The van der Waals surface area contributed by atoms with Crippen LogP contribution in [0.1, 0.15) is 0 Å². The molecule has 2 aromatic rings. The summed E-state index contributed by atoms with van der Waals surface area (Å²) in [5, 5.41) is 13.4. The molecule has 13 heavy (non-hydrogen) atoms. The number of rotatable bonds is 1. The molecular weight excluding hydrogens is 236 g/mol. The Morgan fingerprint density at radius 2 is 2.31 bits per heavy atom. The van der Waals surface area contributed by atoms with E-state index in [1.165, 1.54) is 0 Å². The number of H-pyrrole nitrogens is 1. The molecular formula is C6H5BrN6. The average molecular weight is 241 g/mol. The second-order valence-corrected chi connectivity index (χ2v) is 3.24. The summed E-state index contributed by atoms with van der Waals surface area (Å²) in [6.45, 7) is 0. The molecule has 7 heteroatoms. The normalized spacial score (nSPS) is 10.2. The summed E-state index contributed by atoms with van der Waals surface area (Å²) in [6.07, 6.45) is 1.61. The SMILES string of the molecule is Nc1ncc(Br)cc1-c1nn[nH]n1. The van der Waals surface area contributed by atoms with Crippen LogP contribution in [0.5, 0.6) is 0 Å². The average Bonchev–Trinajstić information content (AvgIpc) is 2.61. The molecule has 0 aliphatic rings. The standard InChI is InChI=1S/C6H5BrN6/c7-3-1-4(5(8)9-2-3)6-10-12-13-11-6/h1-2H,(H2,8,9)(H,10,11,12,13). The van der Waals surface area contributed by atoms with Crippen molar-refractivity contribution >= 4 is 21.7 Å². The van der Waals surface area contributed by atoms with E-state index in [4.69, 9.17) is 5.73 Å². The number of nitrogen functional groups attached to an aromatic ring is 1. The van der Waals surface area contributed by atoms with E-state index >= 15 is 0 Å². The first-order valence-corrected chi connectivity index (χ1v) is 4.21. The zero-order valence-electron chi connectivity index (χ0n) is 6.40. The smallest absolute Gasteiger partial charge is 0.208 e. The fourth-order valence-electron chi connectivity index (χ4n) is 0.905. The molecule has 2 rings (SSSR count). The number of aromatic nitrogens is 5. The van der Waals surface area contributed by atoms with Gasteiger partial charge in [-0.15, -0.1) is 10.2 Å². The summed E-state index contributed by atoms with van der Waals surface area (Å²) >= 11 is 3.28. The van der Waals surface area contributed by atoms with Crippen LogP contribution < -0.4 is 5.73 Å². The van der Waals surface area contributed by atoms with E-state index in [0.29, 0.717) is 17.2 Å². The summed E-state index contributed by atoms with van der Waals surface area (Å²) in [6, 6.07) is 1.78. The van der Waals surface area contributed by atoms with Crippen LogP contribution >= 0.6 is 15.9 Å². The Morgan fingerprint density at radius 1 is 1.46 bits per heavy atom. The van der Waals surface area contributed by atoms with E-state index in [2.05, 4.69) is 41.5 Å². The number of aromatic amines is 1. The van der Waals surface area contributed by atoms with Crippen molar-refractivity contribution in [2.45, 2.75) is 0 Å². The van der Waals surface area contributed by atoms with Crippen LogP contribution in [0.4, 0.5) is 5.82 Å². The van der Waals surface area contributed by atoms with Crippen molar-refractivity contribution in [1.82, 2.24) is 25.6 Å². The molecule has 0 aliphatic heterocycles. The minimum atomic E-state index is 0.379. The van der Waals surface area contributed by atoms with Crippen molar-refractivity contribution in [2.24, 2.45) is 0 Å².